The average molecular weight is 380 g/mol. The zero-order chi connectivity index (χ0) is 19.8. The number of rotatable bonds is 9. The van der Waals surface area contributed by atoms with E-state index in [2.05, 4.69) is 20.3 Å². The lowest BCUT2D eigenvalue weighted by atomic mass is 10.2. The first-order valence-electron chi connectivity index (χ1n) is 8.65. The molecule has 2 heterocycles. The minimum atomic E-state index is -0.481. The number of nitrogens with one attached hydrogen (secondary N) is 1. The van der Waals surface area contributed by atoms with Crippen molar-refractivity contribution in [2.75, 3.05) is 30.5 Å². The van der Waals surface area contributed by atoms with E-state index in [0.717, 1.165) is 5.56 Å². The van der Waals surface area contributed by atoms with Crippen LogP contribution in [0.4, 0.5) is 23.1 Å². The number of aromatic nitrogens is 3. The maximum absolute atomic E-state index is 11.9. The average Bonchev–Trinajstić information content (AvgIpc) is 2.73. The second-order valence-corrected chi connectivity index (χ2v) is 5.83. The summed E-state index contributed by atoms with van der Waals surface area (Å²) in [5, 5.41) is 14.8. The fourth-order valence-electron chi connectivity index (χ4n) is 2.68. The van der Waals surface area contributed by atoms with Gasteiger partial charge in [0.05, 0.1) is 18.1 Å². The number of hydrogen-bond donors (Lipinski definition) is 1. The zero-order valence-electron chi connectivity index (χ0n) is 15.4. The number of nitro groups is 1. The Morgan fingerprint density at radius 2 is 1.89 bits per heavy atom. The number of hydrogen-bond acceptors (Lipinski definition) is 8. The molecule has 2 aromatic heterocycles. The summed E-state index contributed by atoms with van der Waals surface area (Å²) in [7, 11) is 1.56. The normalized spacial score (nSPS) is 10.5. The SMILES string of the molecule is COCCNc1ncnc(N(Cc2ccccc2)c2ccccn2)c1[N+](=O)[O-]. The van der Waals surface area contributed by atoms with Crippen LogP contribution in [0.2, 0.25) is 0 Å². The standard InChI is InChI=1S/C19H20N6O3/c1-28-12-11-21-18-17(25(26)27)19(23-14-22-18)24(16-9-5-6-10-20-16)13-15-7-3-2-4-8-15/h2-10,14H,11-13H2,1H3,(H,21,22,23). The fourth-order valence-corrected chi connectivity index (χ4v) is 2.68. The molecule has 0 aliphatic carbocycles. The molecule has 0 saturated carbocycles. The molecule has 9 heteroatoms. The monoisotopic (exact) mass is 380 g/mol. The molecule has 0 unspecified atom stereocenters. The van der Waals surface area contributed by atoms with Crippen molar-refractivity contribution >= 4 is 23.1 Å². The lowest BCUT2D eigenvalue weighted by Crippen LogP contribution is -2.21. The highest BCUT2D eigenvalue weighted by atomic mass is 16.6. The molecule has 9 nitrogen and oxygen atoms in total. The van der Waals surface area contributed by atoms with E-state index in [-0.39, 0.29) is 17.3 Å². The molecule has 144 valence electrons. The van der Waals surface area contributed by atoms with Crippen molar-refractivity contribution in [1.29, 1.82) is 0 Å². The molecule has 1 N–H and O–H groups in total. The van der Waals surface area contributed by atoms with Crippen LogP contribution in [0.3, 0.4) is 0 Å². The van der Waals surface area contributed by atoms with Crippen molar-refractivity contribution < 1.29 is 9.66 Å². The Morgan fingerprint density at radius 1 is 1.11 bits per heavy atom. The summed E-state index contributed by atoms with van der Waals surface area (Å²) in [6.45, 7) is 1.15. The summed E-state index contributed by atoms with van der Waals surface area (Å²) >= 11 is 0. The molecule has 0 radical (unpaired) electrons. The van der Waals surface area contributed by atoms with E-state index in [1.54, 1.807) is 30.3 Å². The first kappa shape index (κ1) is 19.2. The molecule has 28 heavy (non-hydrogen) atoms. The van der Waals surface area contributed by atoms with E-state index in [4.69, 9.17) is 4.74 Å². The van der Waals surface area contributed by atoms with Gasteiger partial charge in [0.25, 0.3) is 0 Å². The number of anilines is 3. The Morgan fingerprint density at radius 3 is 2.57 bits per heavy atom. The summed E-state index contributed by atoms with van der Waals surface area (Å²) in [5.74, 6) is 0.861. The molecule has 0 aliphatic heterocycles. The van der Waals surface area contributed by atoms with Gasteiger partial charge in [-0.25, -0.2) is 15.0 Å². The number of methoxy groups -OCH3 is 1. The Balaban J connectivity index is 2.06. The van der Waals surface area contributed by atoms with Gasteiger partial charge in [-0.05, 0) is 17.7 Å². The van der Waals surface area contributed by atoms with E-state index >= 15 is 0 Å². The third-order valence-corrected chi connectivity index (χ3v) is 3.95. The third-order valence-electron chi connectivity index (χ3n) is 3.95. The third kappa shape index (κ3) is 4.57. The zero-order valence-corrected chi connectivity index (χ0v) is 15.4. The molecular weight excluding hydrogens is 360 g/mol. The maximum Gasteiger partial charge on any atom is 0.353 e. The van der Waals surface area contributed by atoms with Crippen LogP contribution in [0.5, 0.6) is 0 Å². The van der Waals surface area contributed by atoms with Gasteiger partial charge in [0.15, 0.2) is 0 Å². The lowest BCUT2D eigenvalue weighted by molar-refractivity contribution is -0.383. The molecule has 0 fully saturated rings. The minimum absolute atomic E-state index is 0.140. The van der Waals surface area contributed by atoms with Gasteiger partial charge >= 0.3 is 5.69 Å². The van der Waals surface area contributed by atoms with E-state index in [1.165, 1.54) is 6.33 Å². The van der Waals surface area contributed by atoms with Crippen LogP contribution in [-0.4, -0.2) is 40.1 Å². The quantitative estimate of drug-likeness (QED) is 0.343. The van der Waals surface area contributed by atoms with Crippen LogP contribution < -0.4 is 10.2 Å². The number of nitrogens with zero attached hydrogens (tertiary/aromatic N) is 5. The molecule has 1 aromatic carbocycles. The van der Waals surface area contributed by atoms with Gasteiger partial charge < -0.3 is 15.0 Å². The van der Waals surface area contributed by atoms with Gasteiger partial charge in [-0.3, -0.25) is 10.1 Å². The second-order valence-electron chi connectivity index (χ2n) is 5.83. The Kier molecular flexibility index (Phi) is 6.42. The van der Waals surface area contributed by atoms with Crippen LogP contribution in [-0.2, 0) is 11.3 Å². The Hall–Kier alpha value is -3.59. The molecule has 0 atom stereocenters. The fraction of sp³-hybridized carbons (Fsp3) is 0.211. The van der Waals surface area contributed by atoms with Gasteiger partial charge in [-0.1, -0.05) is 36.4 Å². The second kappa shape index (κ2) is 9.38. The Labute approximate surface area is 162 Å². The van der Waals surface area contributed by atoms with Crippen molar-refractivity contribution in [2.24, 2.45) is 0 Å². The van der Waals surface area contributed by atoms with Crippen LogP contribution in [0, 0.1) is 10.1 Å². The van der Waals surface area contributed by atoms with E-state index < -0.39 is 4.92 Å². The molecule has 3 rings (SSSR count). The Bertz CT molecular complexity index is 908. The van der Waals surface area contributed by atoms with Crippen molar-refractivity contribution in [2.45, 2.75) is 6.54 Å². The van der Waals surface area contributed by atoms with Gasteiger partial charge in [-0.15, -0.1) is 0 Å². The molecule has 0 saturated heterocycles. The van der Waals surface area contributed by atoms with Crippen molar-refractivity contribution in [1.82, 2.24) is 15.0 Å². The number of benzene rings is 1. The first-order chi connectivity index (χ1) is 13.7. The summed E-state index contributed by atoms with van der Waals surface area (Å²) in [6, 6.07) is 15.0. The van der Waals surface area contributed by atoms with Crippen LogP contribution >= 0.6 is 0 Å². The van der Waals surface area contributed by atoms with Gasteiger partial charge in [0.1, 0.15) is 12.1 Å². The predicted molar refractivity (Wildman–Crippen MR) is 106 cm³/mol. The van der Waals surface area contributed by atoms with E-state index in [1.807, 2.05) is 36.4 Å². The number of pyridine rings is 1. The van der Waals surface area contributed by atoms with Crippen LogP contribution in [0.1, 0.15) is 5.56 Å². The molecule has 0 spiro atoms. The van der Waals surface area contributed by atoms with Crippen molar-refractivity contribution in [3.63, 3.8) is 0 Å². The smallest absolute Gasteiger partial charge is 0.353 e. The number of ether oxygens (including phenoxy) is 1. The summed E-state index contributed by atoms with van der Waals surface area (Å²) in [5.41, 5.74) is 0.759. The molecule has 0 aliphatic rings. The predicted octanol–water partition coefficient (Wildman–Crippen LogP) is 3.18. The summed E-state index contributed by atoms with van der Waals surface area (Å²) < 4.78 is 4.99. The lowest BCUT2D eigenvalue weighted by Gasteiger charge is -2.23. The minimum Gasteiger partial charge on any atom is -0.383 e. The first-order valence-corrected chi connectivity index (χ1v) is 8.65. The summed E-state index contributed by atoms with van der Waals surface area (Å²) in [4.78, 5) is 25.7. The van der Waals surface area contributed by atoms with Crippen LogP contribution in [0.15, 0.2) is 61.1 Å². The molecule has 0 bridgehead atoms. The van der Waals surface area contributed by atoms with Gasteiger partial charge in [-0.2, -0.15) is 0 Å². The largest absolute Gasteiger partial charge is 0.383 e. The van der Waals surface area contributed by atoms with Crippen molar-refractivity contribution in [3.8, 4) is 0 Å². The van der Waals surface area contributed by atoms with E-state index in [0.29, 0.717) is 25.5 Å². The van der Waals surface area contributed by atoms with Gasteiger partial charge in [0.2, 0.25) is 11.6 Å². The highest BCUT2D eigenvalue weighted by Crippen LogP contribution is 2.36. The van der Waals surface area contributed by atoms with E-state index in [9.17, 15) is 10.1 Å². The highest BCUT2D eigenvalue weighted by Gasteiger charge is 2.28. The summed E-state index contributed by atoms with van der Waals surface area (Å²) in [6.07, 6.45) is 2.94. The topological polar surface area (TPSA) is 106 Å². The van der Waals surface area contributed by atoms with Gasteiger partial charge in [0, 0.05) is 19.9 Å². The maximum atomic E-state index is 11.9. The highest BCUT2D eigenvalue weighted by molar-refractivity contribution is 5.74. The van der Waals surface area contributed by atoms with Crippen molar-refractivity contribution in [3.05, 3.63) is 76.7 Å². The molecule has 0 amide bonds. The molecule has 3 aromatic rings. The molecular formula is C19H20N6O3. The van der Waals surface area contributed by atoms with Crippen LogP contribution in [0.25, 0.3) is 0 Å².